The number of carboxylic acid groups (broad SMARTS) is 1. The Morgan fingerprint density at radius 3 is 2.57 bits per heavy atom. The molecule has 1 N–H and O–H groups in total. The second kappa shape index (κ2) is 6.34. The lowest BCUT2D eigenvalue weighted by Gasteiger charge is -2.32. The van der Waals surface area contributed by atoms with Crippen LogP contribution in [0.2, 0.25) is 0 Å². The summed E-state index contributed by atoms with van der Waals surface area (Å²) in [5.74, 6) is 2.55. The number of rotatable bonds is 4. The molecule has 0 aromatic heterocycles. The second-order valence-electron chi connectivity index (χ2n) is 7.61. The average molecular weight is 382 g/mol. The van der Waals surface area contributed by atoms with Crippen LogP contribution in [-0.2, 0) is 0 Å². The van der Waals surface area contributed by atoms with Crippen molar-refractivity contribution in [1.82, 2.24) is 4.90 Å². The van der Waals surface area contributed by atoms with Gasteiger partial charge in [0.25, 0.3) is 0 Å². The van der Waals surface area contributed by atoms with Crippen LogP contribution in [0.15, 0.2) is 28.7 Å². The fourth-order valence-corrected chi connectivity index (χ4v) is 4.42. The topological polar surface area (TPSA) is 49.8 Å². The van der Waals surface area contributed by atoms with Gasteiger partial charge in [-0.25, -0.2) is 4.79 Å². The summed E-state index contributed by atoms with van der Waals surface area (Å²) in [7, 11) is 0. The van der Waals surface area contributed by atoms with Crippen molar-refractivity contribution < 1.29 is 14.6 Å². The van der Waals surface area contributed by atoms with E-state index in [0.717, 1.165) is 23.1 Å². The van der Waals surface area contributed by atoms with Crippen molar-refractivity contribution in [1.29, 1.82) is 0 Å². The van der Waals surface area contributed by atoms with Crippen LogP contribution in [0.1, 0.15) is 26.7 Å². The second-order valence-corrected chi connectivity index (χ2v) is 8.53. The first-order chi connectivity index (χ1) is 10.8. The van der Waals surface area contributed by atoms with Crippen LogP contribution in [0, 0.1) is 23.2 Å². The number of hydrogen-bond donors (Lipinski definition) is 1. The molecule has 1 aliphatic heterocycles. The van der Waals surface area contributed by atoms with Crippen LogP contribution < -0.4 is 4.74 Å². The molecule has 0 unspecified atom stereocenters. The summed E-state index contributed by atoms with van der Waals surface area (Å²) in [5, 5.41) is 9.13. The first-order valence-electron chi connectivity index (χ1n) is 8.21. The van der Waals surface area contributed by atoms with E-state index < -0.39 is 6.09 Å². The van der Waals surface area contributed by atoms with Crippen LogP contribution in [0.3, 0.4) is 0 Å². The molecular formula is C18H24BrNO3. The van der Waals surface area contributed by atoms with Crippen LogP contribution in [0.4, 0.5) is 4.79 Å². The molecule has 1 amide bonds. The first kappa shape index (κ1) is 16.6. The van der Waals surface area contributed by atoms with Crippen molar-refractivity contribution in [2.75, 3.05) is 19.7 Å². The number of halogens is 1. The monoisotopic (exact) mass is 381 g/mol. The lowest BCUT2D eigenvalue weighted by Crippen LogP contribution is -2.32. The Morgan fingerprint density at radius 1 is 1.35 bits per heavy atom. The zero-order valence-corrected chi connectivity index (χ0v) is 15.3. The Balaban J connectivity index is 1.56. The van der Waals surface area contributed by atoms with Crippen molar-refractivity contribution in [2.45, 2.75) is 26.7 Å². The molecule has 3 rings (SSSR count). The molecular weight excluding hydrogens is 358 g/mol. The van der Waals surface area contributed by atoms with Crippen LogP contribution in [-0.4, -0.2) is 35.8 Å². The Bertz CT molecular complexity index is 575. The van der Waals surface area contributed by atoms with Crippen molar-refractivity contribution in [3.05, 3.63) is 28.7 Å². The van der Waals surface area contributed by atoms with Gasteiger partial charge in [-0.15, -0.1) is 0 Å². The molecule has 1 saturated carbocycles. The predicted molar refractivity (Wildman–Crippen MR) is 92.7 cm³/mol. The molecule has 126 valence electrons. The smallest absolute Gasteiger partial charge is 0.407 e. The SMILES string of the molecule is CC(C)(COc1cccc(Br)c1)[C@@H]1C[C@@H]2CN(C(=O)O)C[C@@H]2C1. The molecule has 0 spiro atoms. The van der Waals surface area contributed by atoms with E-state index in [4.69, 9.17) is 9.84 Å². The fraction of sp³-hybridized carbons (Fsp3) is 0.611. The highest BCUT2D eigenvalue weighted by Gasteiger charge is 2.46. The quantitative estimate of drug-likeness (QED) is 0.835. The van der Waals surface area contributed by atoms with E-state index in [9.17, 15) is 4.79 Å². The normalized spacial score (nSPS) is 27.1. The zero-order chi connectivity index (χ0) is 16.6. The van der Waals surface area contributed by atoms with Gasteiger partial charge in [-0.05, 0) is 48.8 Å². The van der Waals surface area contributed by atoms with Gasteiger partial charge in [0.2, 0.25) is 0 Å². The highest BCUT2D eigenvalue weighted by atomic mass is 79.9. The Hall–Kier alpha value is -1.23. The molecule has 2 fully saturated rings. The number of amides is 1. The van der Waals surface area contributed by atoms with Gasteiger partial charge in [0.1, 0.15) is 5.75 Å². The molecule has 1 aromatic carbocycles. The molecule has 1 aliphatic carbocycles. The van der Waals surface area contributed by atoms with Gasteiger partial charge in [-0.1, -0.05) is 35.8 Å². The fourth-order valence-electron chi connectivity index (χ4n) is 4.04. The highest BCUT2D eigenvalue weighted by molar-refractivity contribution is 9.10. The maximum Gasteiger partial charge on any atom is 0.407 e. The van der Waals surface area contributed by atoms with E-state index in [2.05, 4.69) is 29.8 Å². The van der Waals surface area contributed by atoms with Gasteiger partial charge in [0, 0.05) is 23.0 Å². The average Bonchev–Trinajstić information content (AvgIpc) is 3.04. The molecule has 5 heteroatoms. The third-order valence-electron chi connectivity index (χ3n) is 5.53. The summed E-state index contributed by atoms with van der Waals surface area (Å²) < 4.78 is 7.04. The summed E-state index contributed by atoms with van der Waals surface area (Å²) in [4.78, 5) is 12.7. The first-order valence-corrected chi connectivity index (χ1v) is 9.00. The summed E-state index contributed by atoms with van der Waals surface area (Å²) >= 11 is 3.47. The largest absolute Gasteiger partial charge is 0.493 e. The van der Waals surface area contributed by atoms with Gasteiger partial charge in [0.15, 0.2) is 0 Å². The van der Waals surface area contributed by atoms with E-state index >= 15 is 0 Å². The Kier molecular flexibility index (Phi) is 4.59. The number of hydrogen-bond acceptors (Lipinski definition) is 2. The highest BCUT2D eigenvalue weighted by Crippen LogP contribution is 2.48. The number of benzene rings is 1. The van der Waals surface area contributed by atoms with Crippen molar-refractivity contribution in [2.24, 2.45) is 23.2 Å². The van der Waals surface area contributed by atoms with Crippen molar-refractivity contribution >= 4 is 22.0 Å². The molecule has 1 heterocycles. The minimum absolute atomic E-state index is 0.0979. The number of nitrogens with zero attached hydrogens (tertiary/aromatic N) is 1. The summed E-state index contributed by atoms with van der Waals surface area (Å²) in [6.45, 7) is 6.64. The third kappa shape index (κ3) is 3.65. The van der Waals surface area contributed by atoms with Crippen LogP contribution in [0.5, 0.6) is 5.75 Å². The zero-order valence-electron chi connectivity index (χ0n) is 13.7. The number of likely N-dealkylation sites (tertiary alicyclic amines) is 1. The minimum Gasteiger partial charge on any atom is -0.493 e. The number of carbonyl (C=O) groups is 1. The van der Waals surface area contributed by atoms with E-state index in [0.29, 0.717) is 37.5 Å². The lowest BCUT2D eigenvalue weighted by atomic mass is 9.77. The molecule has 0 radical (unpaired) electrons. The standard InChI is InChI=1S/C18H24BrNO3/c1-18(2,11-23-16-5-3-4-15(19)8-16)14-6-12-9-20(17(21)22)10-13(12)7-14/h3-5,8,12-14H,6-7,9-11H2,1-2H3,(H,21,22)/t12-,13+,14-. The van der Waals surface area contributed by atoms with Crippen LogP contribution >= 0.6 is 15.9 Å². The van der Waals surface area contributed by atoms with E-state index in [1.807, 2.05) is 24.3 Å². The van der Waals surface area contributed by atoms with Crippen molar-refractivity contribution in [3.8, 4) is 5.75 Å². The molecule has 0 bridgehead atoms. The molecule has 1 saturated heterocycles. The minimum atomic E-state index is -0.770. The van der Waals surface area contributed by atoms with E-state index in [1.54, 1.807) is 4.90 Å². The third-order valence-corrected chi connectivity index (χ3v) is 6.03. The summed E-state index contributed by atoms with van der Waals surface area (Å²) in [6.07, 6.45) is 1.46. The van der Waals surface area contributed by atoms with Crippen molar-refractivity contribution in [3.63, 3.8) is 0 Å². The number of ether oxygens (including phenoxy) is 1. The van der Waals surface area contributed by atoms with Gasteiger partial charge in [-0.2, -0.15) is 0 Å². The van der Waals surface area contributed by atoms with Gasteiger partial charge in [-0.3, -0.25) is 0 Å². The molecule has 23 heavy (non-hydrogen) atoms. The maximum atomic E-state index is 11.1. The molecule has 1 aromatic rings. The van der Waals surface area contributed by atoms with Crippen LogP contribution in [0.25, 0.3) is 0 Å². The maximum absolute atomic E-state index is 11.1. The molecule has 2 aliphatic rings. The summed E-state index contributed by atoms with van der Waals surface area (Å²) in [5.41, 5.74) is 0.0979. The lowest BCUT2D eigenvalue weighted by molar-refractivity contribution is 0.104. The number of fused-ring (bicyclic) bond motifs is 1. The van der Waals surface area contributed by atoms with E-state index in [-0.39, 0.29) is 5.41 Å². The Morgan fingerprint density at radius 2 is 2.00 bits per heavy atom. The van der Waals surface area contributed by atoms with Gasteiger partial charge < -0.3 is 14.7 Å². The van der Waals surface area contributed by atoms with Gasteiger partial charge in [0.05, 0.1) is 6.61 Å². The predicted octanol–water partition coefficient (Wildman–Crippen LogP) is 4.49. The van der Waals surface area contributed by atoms with Gasteiger partial charge >= 0.3 is 6.09 Å². The molecule has 3 atom stereocenters. The summed E-state index contributed by atoms with van der Waals surface area (Å²) in [6, 6.07) is 7.94. The van der Waals surface area contributed by atoms with E-state index in [1.165, 1.54) is 0 Å². The Labute approximate surface area is 145 Å². The molecule has 4 nitrogen and oxygen atoms in total.